The molecule has 0 saturated heterocycles. The minimum absolute atomic E-state index is 0. The van der Waals surface area contributed by atoms with Crippen molar-refractivity contribution in [3.8, 4) is 28.3 Å². The SMILES string of the molecule is C=CCc1cc(-c2ccc(OCCC[N+](C)(C)CC(=O)NCCCC)c(CC=C)c2)c2oc(-c3cc(Br)ccc3F)nc2c1.[Br-]. The van der Waals surface area contributed by atoms with E-state index in [0.29, 0.717) is 47.1 Å². The molecule has 3 aromatic carbocycles. The number of unbranched alkanes of at least 4 members (excludes halogenated alkanes) is 1. The van der Waals surface area contributed by atoms with Crippen molar-refractivity contribution in [1.82, 2.24) is 10.3 Å². The first-order chi connectivity index (χ1) is 21.1. The Morgan fingerprint density at radius 3 is 2.58 bits per heavy atom. The van der Waals surface area contributed by atoms with E-state index in [4.69, 9.17) is 9.15 Å². The van der Waals surface area contributed by atoms with Gasteiger partial charge in [-0.25, -0.2) is 9.37 Å². The molecule has 0 fully saturated rings. The molecule has 0 saturated carbocycles. The Kier molecular flexibility index (Phi) is 13.6. The molecule has 0 spiro atoms. The third-order valence-electron chi connectivity index (χ3n) is 7.41. The maximum absolute atomic E-state index is 14.7. The number of halogens is 3. The van der Waals surface area contributed by atoms with Crippen LogP contribution in [0.25, 0.3) is 33.7 Å². The molecule has 0 aliphatic rings. The second-order valence-corrected chi connectivity index (χ2v) is 12.6. The molecule has 45 heavy (non-hydrogen) atoms. The molecule has 1 heterocycles. The number of nitrogens with zero attached hydrogens (tertiary/aromatic N) is 2. The largest absolute Gasteiger partial charge is 1.00 e. The topological polar surface area (TPSA) is 64.4 Å². The van der Waals surface area contributed by atoms with Gasteiger partial charge in [-0.15, -0.1) is 13.2 Å². The van der Waals surface area contributed by atoms with Crippen LogP contribution in [0.1, 0.15) is 37.3 Å². The molecule has 0 bridgehead atoms. The van der Waals surface area contributed by atoms with E-state index in [0.717, 1.165) is 64.8 Å². The molecule has 0 atom stereocenters. The number of allylic oxidation sites excluding steroid dienone is 2. The van der Waals surface area contributed by atoms with Gasteiger partial charge in [0.1, 0.15) is 17.1 Å². The van der Waals surface area contributed by atoms with Crippen LogP contribution >= 0.6 is 15.9 Å². The number of nitrogens with one attached hydrogen (secondary N) is 1. The summed E-state index contributed by atoms with van der Waals surface area (Å²) in [5, 5.41) is 3.00. The molecule has 4 aromatic rings. The number of amides is 1. The first-order valence-corrected chi connectivity index (χ1v) is 15.9. The van der Waals surface area contributed by atoms with E-state index in [1.54, 1.807) is 12.1 Å². The maximum Gasteiger partial charge on any atom is 0.275 e. The van der Waals surface area contributed by atoms with Crippen LogP contribution in [0.3, 0.4) is 0 Å². The normalized spacial score (nSPS) is 11.2. The number of fused-ring (bicyclic) bond motifs is 1. The Labute approximate surface area is 284 Å². The first-order valence-electron chi connectivity index (χ1n) is 15.1. The van der Waals surface area contributed by atoms with Crippen LogP contribution in [0, 0.1) is 5.82 Å². The highest BCUT2D eigenvalue weighted by Gasteiger charge is 2.21. The summed E-state index contributed by atoms with van der Waals surface area (Å²) in [6, 6.07) is 14.8. The smallest absolute Gasteiger partial charge is 0.275 e. The lowest BCUT2D eigenvalue weighted by Gasteiger charge is -2.29. The number of likely N-dealkylation sites (N-methyl/N-ethyl adjacent to an activating group) is 1. The Bertz CT molecular complexity index is 1630. The fourth-order valence-electron chi connectivity index (χ4n) is 5.17. The molecule has 1 amide bonds. The fraction of sp³-hybridized carbons (Fsp3) is 0.333. The van der Waals surface area contributed by atoms with Crippen molar-refractivity contribution in [2.24, 2.45) is 0 Å². The molecule has 1 N–H and O–H groups in total. The van der Waals surface area contributed by atoms with Gasteiger partial charge >= 0.3 is 0 Å². The van der Waals surface area contributed by atoms with E-state index in [-0.39, 0.29) is 28.8 Å². The van der Waals surface area contributed by atoms with Gasteiger partial charge < -0.3 is 35.9 Å². The fourth-order valence-corrected chi connectivity index (χ4v) is 5.53. The number of quaternary nitrogens is 1. The molecule has 0 aliphatic heterocycles. The predicted molar refractivity (Wildman–Crippen MR) is 180 cm³/mol. The minimum atomic E-state index is -0.403. The number of benzene rings is 3. The summed E-state index contributed by atoms with van der Waals surface area (Å²) in [6.45, 7) is 12.5. The van der Waals surface area contributed by atoms with E-state index in [1.165, 1.54) is 6.07 Å². The third-order valence-corrected chi connectivity index (χ3v) is 7.91. The first kappa shape index (κ1) is 36.2. The van der Waals surface area contributed by atoms with Crippen molar-refractivity contribution in [1.29, 1.82) is 0 Å². The highest BCUT2D eigenvalue weighted by atomic mass is 79.9. The van der Waals surface area contributed by atoms with Crippen molar-refractivity contribution in [2.75, 3.05) is 40.3 Å². The van der Waals surface area contributed by atoms with Crippen molar-refractivity contribution in [3.05, 3.63) is 95.3 Å². The average molecular weight is 744 g/mol. The summed E-state index contributed by atoms with van der Waals surface area (Å²) in [5.41, 5.74) is 5.37. The Balaban J connectivity index is 0.00000552. The number of ether oxygens (including phenoxy) is 1. The van der Waals surface area contributed by atoms with Crippen molar-refractivity contribution < 1.29 is 39.8 Å². The van der Waals surface area contributed by atoms with Gasteiger partial charge in [0.2, 0.25) is 5.89 Å². The quantitative estimate of drug-likeness (QED) is 0.0965. The lowest BCUT2D eigenvalue weighted by atomic mass is 9.97. The van der Waals surface area contributed by atoms with Crippen LogP contribution in [0.5, 0.6) is 5.75 Å². The number of carbonyl (C=O) groups is 1. The van der Waals surface area contributed by atoms with Crippen LogP contribution in [0.4, 0.5) is 4.39 Å². The van der Waals surface area contributed by atoms with Gasteiger partial charge in [0.05, 0.1) is 32.8 Å². The van der Waals surface area contributed by atoms with Crippen LogP contribution in [0.2, 0.25) is 0 Å². The van der Waals surface area contributed by atoms with Gasteiger partial charge in [0.25, 0.3) is 5.91 Å². The molecule has 0 unspecified atom stereocenters. The molecule has 6 nitrogen and oxygen atoms in total. The van der Waals surface area contributed by atoms with E-state index >= 15 is 0 Å². The Morgan fingerprint density at radius 1 is 1.07 bits per heavy atom. The van der Waals surface area contributed by atoms with Gasteiger partial charge in [-0.1, -0.05) is 47.5 Å². The molecule has 0 aliphatic carbocycles. The second kappa shape index (κ2) is 16.9. The standard InChI is InChI=1S/C36H41BrFN3O3.BrH/c1-6-9-17-39-34(42)24-41(4,5)18-10-19-43-33-16-13-26(22-27(33)12-8-3)29-20-25(11-7-2)21-32-35(29)44-36(40-32)30-23-28(37)14-15-31(30)38;/h7-8,13-16,20-23H,2-3,6,9-12,17-19,24H2,1,4-5H3;1H. The molecule has 0 radical (unpaired) electrons. The number of hydrogen-bond donors (Lipinski definition) is 1. The van der Waals surface area contributed by atoms with Crippen LogP contribution in [-0.4, -0.2) is 55.7 Å². The number of oxazole rings is 1. The van der Waals surface area contributed by atoms with Gasteiger partial charge in [0.15, 0.2) is 12.1 Å². The van der Waals surface area contributed by atoms with Crippen molar-refractivity contribution >= 4 is 32.9 Å². The van der Waals surface area contributed by atoms with Crippen molar-refractivity contribution in [2.45, 2.75) is 39.0 Å². The summed E-state index contributed by atoms with van der Waals surface area (Å²) in [7, 11) is 4.14. The molecule has 240 valence electrons. The molecular weight excluding hydrogens is 701 g/mol. The molecule has 4 rings (SSSR count). The van der Waals surface area contributed by atoms with Gasteiger partial charge in [-0.05, 0) is 78.4 Å². The van der Waals surface area contributed by atoms with E-state index in [9.17, 15) is 9.18 Å². The van der Waals surface area contributed by atoms with Gasteiger partial charge in [-0.3, -0.25) is 4.79 Å². The molecular formula is C36H42Br2FN3O3. The van der Waals surface area contributed by atoms with Gasteiger partial charge in [0, 0.05) is 23.0 Å². The summed E-state index contributed by atoms with van der Waals surface area (Å²) in [4.78, 5) is 17.0. The number of aromatic nitrogens is 1. The van der Waals surface area contributed by atoms with Crippen LogP contribution in [-0.2, 0) is 17.6 Å². The zero-order valence-electron chi connectivity index (χ0n) is 26.3. The Morgan fingerprint density at radius 2 is 1.84 bits per heavy atom. The number of rotatable bonds is 16. The van der Waals surface area contributed by atoms with Crippen LogP contribution < -0.4 is 27.0 Å². The van der Waals surface area contributed by atoms with Crippen LogP contribution in [0.15, 0.2) is 82.7 Å². The predicted octanol–water partition coefficient (Wildman–Crippen LogP) is 5.29. The zero-order chi connectivity index (χ0) is 31.7. The average Bonchev–Trinajstić information content (AvgIpc) is 3.41. The highest BCUT2D eigenvalue weighted by molar-refractivity contribution is 9.10. The van der Waals surface area contributed by atoms with E-state index in [1.807, 2.05) is 30.4 Å². The highest BCUT2D eigenvalue weighted by Crippen LogP contribution is 2.37. The third kappa shape index (κ3) is 9.86. The monoisotopic (exact) mass is 741 g/mol. The summed E-state index contributed by atoms with van der Waals surface area (Å²) in [5.74, 6) is 0.700. The zero-order valence-corrected chi connectivity index (χ0v) is 29.5. The van der Waals surface area contributed by atoms with E-state index < -0.39 is 5.82 Å². The summed E-state index contributed by atoms with van der Waals surface area (Å²) >= 11 is 3.42. The Hall–Kier alpha value is -3.27. The molecule has 1 aromatic heterocycles. The second-order valence-electron chi connectivity index (χ2n) is 11.7. The summed E-state index contributed by atoms with van der Waals surface area (Å²) in [6.07, 6.45) is 7.85. The van der Waals surface area contributed by atoms with Crippen molar-refractivity contribution in [3.63, 3.8) is 0 Å². The lowest BCUT2D eigenvalue weighted by molar-refractivity contribution is -0.882. The lowest BCUT2D eigenvalue weighted by Crippen LogP contribution is -3.00. The number of hydrogen-bond acceptors (Lipinski definition) is 4. The minimum Gasteiger partial charge on any atom is -1.00 e. The molecule has 9 heteroatoms. The van der Waals surface area contributed by atoms with E-state index in [2.05, 4.69) is 72.5 Å². The maximum atomic E-state index is 14.7. The number of carbonyl (C=O) groups excluding carboxylic acids is 1. The van der Waals surface area contributed by atoms with Gasteiger partial charge in [-0.2, -0.15) is 0 Å². The summed E-state index contributed by atoms with van der Waals surface area (Å²) < 4.78 is 28.5.